The first-order chi connectivity index (χ1) is 12.5. The number of hydrogen-bond acceptors (Lipinski definition) is 5. The molecule has 2 aromatic carbocycles. The van der Waals surface area contributed by atoms with Crippen molar-refractivity contribution in [1.82, 2.24) is 5.16 Å². The van der Waals surface area contributed by atoms with Gasteiger partial charge in [-0.15, -0.1) is 0 Å². The molecule has 0 N–H and O–H groups in total. The van der Waals surface area contributed by atoms with Crippen LogP contribution in [0.15, 0.2) is 64.0 Å². The van der Waals surface area contributed by atoms with Crippen molar-refractivity contribution in [1.29, 1.82) is 0 Å². The first-order valence-electron chi connectivity index (χ1n) is 7.74. The number of halogens is 1. The molecule has 1 heterocycles. The average Bonchev–Trinajstić information content (AvgIpc) is 2.99. The maximum absolute atomic E-state index is 13.4. The van der Waals surface area contributed by atoms with Gasteiger partial charge in [-0.3, -0.25) is 0 Å². The molecule has 1 aromatic heterocycles. The number of hydrogen-bond donors (Lipinski definition) is 0. The number of sulfonamides is 1. The second kappa shape index (κ2) is 7.49. The van der Waals surface area contributed by atoms with Gasteiger partial charge in [-0.2, -0.15) is 0 Å². The summed E-state index contributed by atoms with van der Waals surface area (Å²) >= 11 is 6.17. The Morgan fingerprint density at radius 2 is 1.77 bits per heavy atom. The summed E-state index contributed by atoms with van der Waals surface area (Å²) in [6, 6.07) is 16.0. The molecule has 0 spiro atoms. The van der Waals surface area contributed by atoms with Crippen molar-refractivity contribution < 1.29 is 17.7 Å². The Hall–Kier alpha value is -2.35. The summed E-state index contributed by atoms with van der Waals surface area (Å²) in [6.07, 6.45) is 0. The van der Waals surface area contributed by atoms with E-state index in [4.69, 9.17) is 20.9 Å². The van der Waals surface area contributed by atoms with Crippen LogP contribution in [0.3, 0.4) is 0 Å². The SMILES string of the molecule is COCN(c1noc(C)c1Cl)S(=O)(=O)c1ccccc1-c1ccccc1. The number of rotatable bonds is 6. The monoisotopic (exact) mass is 392 g/mol. The minimum atomic E-state index is -4.00. The third-order valence-electron chi connectivity index (χ3n) is 3.80. The van der Waals surface area contributed by atoms with Crippen molar-refractivity contribution in [3.8, 4) is 11.1 Å². The molecule has 0 saturated heterocycles. The standard InChI is InChI=1S/C18H17ClN2O4S/c1-13-17(19)18(20-25-13)21(12-24-2)26(22,23)16-11-7-6-10-15(16)14-8-4-3-5-9-14/h3-11H,12H2,1-2H3. The summed E-state index contributed by atoms with van der Waals surface area (Å²) in [5, 5.41) is 3.92. The fourth-order valence-corrected chi connectivity index (χ4v) is 4.30. The number of nitrogens with zero attached hydrogens (tertiary/aromatic N) is 2. The van der Waals surface area contributed by atoms with Crippen LogP contribution in [0.2, 0.25) is 5.02 Å². The molecule has 26 heavy (non-hydrogen) atoms. The van der Waals surface area contributed by atoms with E-state index in [1.807, 2.05) is 30.3 Å². The maximum Gasteiger partial charge on any atom is 0.268 e. The molecule has 8 heteroatoms. The second-order valence-corrected chi connectivity index (χ2v) is 7.72. The maximum atomic E-state index is 13.4. The first-order valence-corrected chi connectivity index (χ1v) is 9.56. The van der Waals surface area contributed by atoms with Crippen molar-refractivity contribution in [2.24, 2.45) is 0 Å². The second-order valence-electron chi connectivity index (χ2n) is 5.51. The van der Waals surface area contributed by atoms with Gasteiger partial charge in [0, 0.05) is 12.7 Å². The molecule has 0 bridgehead atoms. The third-order valence-corrected chi connectivity index (χ3v) is 6.00. The Morgan fingerprint density at radius 1 is 1.12 bits per heavy atom. The summed E-state index contributed by atoms with van der Waals surface area (Å²) in [7, 11) is -2.61. The van der Waals surface area contributed by atoms with Crippen LogP contribution < -0.4 is 4.31 Å². The summed E-state index contributed by atoms with van der Waals surface area (Å²) in [6.45, 7) is 1.35. The van der Waals surface area contributed by atoms with Gasteiger partial charge in [0.1, 0.15) is 11.8 Å². The minimum Gasteiger partial charge on any atom is -0.363 e. The van der Waals surface area contributed by atoms with E-state index in [1.54, 1.807) is 31.2 Å². The Labute approximate surface area is 157 Å². The van der Waals surface area contributed by atoms with Gasteiger partial charge in [0.2, 0.25) is 5.82 Å². The number of methoxy groups -OCH3 is 1. The molecule has 3 rings (SSSR count). The summed E-state index contributed by atoms with van der Waals surface area (Å²) in [5.41, 5.74) is 1.36. The highest BCUT2D eigenvalue weighted by atomic mass is 35.5. The topological polar surface area (TPSA) is 72.6 Å². The van der Waals surface area contributed by atoms with Crippen LogP contribution in [0.4, 0.5) is 5.82 Å². The molecule has 0 amide bonds. The average molecular weight is 393 g/mol. The molecule has 136 valence electrons. The molecular weight excluding hydrogens is 376 g/mol. The molecule has 0 aliphatic rings. The van der Waals surface area contributed by atoms with Gasteiger partial charge in [-0.05, 0) is 18.6 Å². The van der Waals surface area contributed by atoms with E-state index in [2.05, 4.69) is 5.16 Å². The summed E-state index contributed by atoms with van der Waals surface area (Å²) in [5.74, 6) is 0.322. The lowest BCUT2D eigenvalue weighted by atomic mass is 10.1. The highest BCUT2D eigenvalue weighted by molar-refractivity contribution is 7.93. The molecule has 0 saturated carbocycles. The molecule has 0 radical (unpaired) electrons. The lowest BCUT2D eigenvalue weighted by molar-refractivity contribution is 0.208. The van der Waals surface area contributed by atoms with Crippen molar-refractivity contribution in [2.45, 2.75) is 11.8 Å². The van der Waals surface area contributed by atoms with Crippen LogP contribution in [0.1, 0.15) is 5.76 Å². The lowest BCUT2D eigenvalue weighted by Gasteiger charge is -2.22. The molecule has 0 atom stereocenters. The van der Waals surface area contributed by atoms with Gasteiger partial charge < -0.3 is 9.26 Å². The number of benzene rings is 2. The molecule has 0 aliphatic heterocycles. The number of anilines is 1. The van der Waals surface area contributed by atoms with E-state index in [0.29, 0.717) is 11.3 Å². The quantitative estimate of drug-likeness (QED) is 0.590. The van der Waals surface area contributed by atoms with Gasteiger partial charge in [0.05, 0.1) is 4.90 Å². The van der Waals surface area contributed by atoms with Crippen LogP contribution >= 0.6 is 11.6 Å². The Balaban J connectivity index is 2.17. The zero-order chi connectivity index (χ0) is 18.7. The van der Waals surface area contributed by atoms with Gasteiger partial charge in [-0.1, -0.05) is 65.3 Å². The molecule has 0 fully saturated rings. The normalized spacial score (nSPS) is 11.5. The van der Waals surface area contributed by atoms with Gasteiger partial charge in [0.15, 0.2) is 5.76 Å². The van der Waals surface area contributed by atoms with Crippen molar-refractivity contribution >= 4 is 27.4 Å². The highest BCUT2D eigenvalue weighted by Gasteiger charge is 2.32. The summed E-state index contributed by atoms with van der Waals surface area (Å²) in [4.78, 5) is 0.125. The van der Waals surface area contributed by atoms with E-state index in [-0.39, 0.29) is 22.5 Å². The van der Waals surface area contributed by atoms with Crippen LogP contribution in [-0.2, 0) is 14.8 Å². The van der Waals surface area contributed by atoms with Crippen LogP contribution in [0, 0.1) is 6.92 Å². The number of aryl methyl sites for hydroxylation is 1. The largest absolute Gasteiger partial charge is 0.363 e. The Kier molecular flexibility index (Phi) is 5.31. The van der Waals surface area contributed by atoms with Crippen LogP contribution in [0.5, 0.6) is 0 Å². The smallest absolute Gasteiger partial charge is 0.268 e. The Morgan fingerprint density at radius 3 is 2.38 bits per heavy atom. The molecule has 0 aliphatic carbocycles. The Bertz CT molecular complexity index is 1000. The number of aromatic nitrogens is 1. The van der Waals surface area contributed by atoms with E-state index in [9.17, 15) is 8.42 Å². The predicted octanol–water partition coefficient (Wildman–Crippen LogP) is 4.10. The van der Waals surface area contributed by atoms with E-state index in [0.717, 1.165) is 9.87 Å². The van der Waals surface area contributed by atoms with E-state index in [1.165, 1.54) is 7.11 Å². The predicted molar refractivity (Wildman–Crippen MR) is 99.7 cm³/mol. The third kappa shape index (κ3) is 3.33. The lowest BCUT2D eigenvalue weighted by Crippen LogP contribution is -2.33. The van der Waals surface area contributed by atoms with Crippen molar-refractivity contribution in [2.75, 3.05) is 18.1 Å². The fraction of sp³-hybridized carbons (Fsp3) is 0.167. The zero-order valence-corrected chi connectivity index (χ0v) is 15.8. The first kappa shape index (κ1) is 18.4. The van der Waals surface area contributed by atoms with Crippen molar-refractivity contribution in [3.05, 3.63) is 65.4 Å². The van der Waals surface area contributed by atoms with E-state index < -0.39 is 10.0 Å². The van der Waals surface area contributed by atoms with Gasteiger partial charge >= 0.3 is 0 Å². The molecule has 6 nitrogen and oxygen atoms in total. The van der Waals surface area contributed by atoms with Gasteiger partial charge in [-0.25, -0.2) is 12.7 Å². The minimum absolute atomic E-state index is 0.00567. The van der Waals surface area contributed by atoms with Gasteiger partial charge in [0.25, 0.3) is 10.0 Å². The number of ether oxygens (including phenoxy) is 1. The fourth-order valence-electron chi connectivity index (χ4n) is 2.53. The highest BCUT2D eigenvalue weighted by Crippen LogP contribution is 2.35. The van der Waals surface area contributed by atoms with E-state index >= 15 is 0 Å². The zero-order valence-electron chi connectivity index (χ0n) is 14.2. The molecule has 0 unspecified atom stereocenters. The van der Waals surface area contributed by atoms with Crippen molar-refractivity contribution in [3.63, 3.8) is 0 Å². The van der Waals surface area contributed by atoms with Crippen LogP contribution in [0.25, 0.3) is 11.1 Å². The molecule has 3 aromatic rings. The van der Waals surface area contributed by atoms with Crippen LogP contribution in [-0.4, -0.2) is 27.4 Å². The summed E-state index contributed by atoms with van der Waals surface area (Å²) < 4.78 is 37.9. The molecular formula is C18H17ClN2O4S.